The predicted octanol–water partition coefficient (Wildman–Crippen LogP) is 3.28. The molecule has 0 spiro atoms. The molecular formula is C18H27NO2. The van der Waals surface area contributed by atoms with Crippen LogP contribution in [0.3, 0.4) is 0 Å². The third kappa shape index (κ3) is 4.85. The fourth-order valence-corrected chi connectivity index (χ4v) is 2.73. The van der Waals surface area contributed by atoms with Crippen LogP contribution >= 0.6 is 0 Å². The molecule has 0 aromatic heterocycles. The van der Waals surface area contributed by atoms with Gasteiger partial charge in [-0.1, -0.05) is 38.1 Å². The Kier molecular flexibility index (Phi) is 5.80. The summed E-state index contributed by atoms with van der Waals surface area (Å²) in [6.07, 6.45) is 2.93. The second-order valence-electron chi connectivity index (χ2n) is 6.46. The third-order valence-corrected chi connectivity index (χ3v) is 4.08. The van der Waals surface area contributed by atoms with Crippen LogP contribution in [-0.4, -0.2) is 25.2 Å². The Hall–Kier alpha value is -1.35. The molecule has 1 atom stereocenters. The summed E-state index contributed by atoms with van der Waals surface area (Å²) in [7, 11) is 0. The van der Waals surface area contributed by atoms with Crippen molar-refractivity contribution in [3.05, 3.63) is 35.4 Å². The summed E-state index contributed by atoms with van der Waals surface area (Å²) in [6, 6.07) is 8.74. The molecule has 0 bridgehead atoms. The Balaban J connectivity index is 1.91. The Labute approximate surface area is 128 Å². The average Bonchev–Trinajstić information content (AvgIpc) is 2.47. The zero-order valence-corrected chi connectivity index (χ0v) is 13.4. The number of hydrogen-bond donors (Lipinski definition) is 1. The normalized spacial score (nSPS) is 17.7. The van der Waals surface area contributed by atoms with E-state index < -0.39 is 0 Å². The molecule has 0 aliphatic carbocycles. The second kappa shape index (κ2) is 7.60. The van der Waals surface area contributed by atoms with Gasteiger partial charge in [-0.15, -0.1) is 0 Å². The first-order valence-corrected chi connectivity index (χ1v) is 8.03. The molecule has 21 heavy (non-hydrogen) atoms. The average molecular weight is 289 g/mol. The van der Waals surface area contributed by atoms with Crippen molar-refractivity contribution < 1.29 is 9.53 Å². The van der Waals surface area contributed by atoms with Crippen LogP contribution in [0.25, 0.3) is 0 Å². The minimum atomic E-state index is -0.0963. The van der Waals surface area contributed by atoms with E-state index >= 15 is 0 Å². The number of carbonyl (C=O) groups excluding carboxylic acids is 1. The van der Waals surface area contributed by atoms with Crippen LogP contribution in [0, 0.1) is 5.92 Å². The van der Waals surface area contributed by atoms with Crippen LogP contribution in [0.5, 0.6) is 0 Å². The van der Waals surface area contributed by atoms with E-state index in [9.17, 15) is 4.79 Å². The van der Waals surface area contributed by atoms with E-state index in [4.69, 9.17) is 4.74 Å². The Morgan fingerprint density at radius 3 is 2.38 bits per heavy atom. The minimum Gasteiger partial charge on any atom is -0.381 e. The fraction of sp³-hybridized carbons (Fsp3) is 0.611. The van der Waals surface area contributed by atoms with Crippen molar-refractivity contribution in [3.8, 4) is 0 Å². The summed E-state index contributed by atoms with van der Waals surface area (Å²) < 4.78 is 5.32. The van der Waals surface area contributed by atoms with Crippen molar-refractivity contribution in [2.24, 2.45) is 5.92 Å². The molecule has 1 aliphatic heterocycles. The number of carbonyl (C=O) groups is 1. The van der Waals surface area contributed by atoms with E-state index in [-0.39, 0.29) is 17.9 Å². The molecule has 1 heterocycles. The maximum absolute atomic E-state index is 12.3. The van der Waals surface area contributed by atoms with Crippen LogP contribution in [0.4, 0.5) is 0 Å². The molecule has 0 saturated carbocycles. The van der Waals surface area contributed by atoms with Gasteiger partial charge in [0.2, 0.25) is 5.91 Å². The summed E-state index contributed by atoms with van der Waals surface area (Å²) in [6.45, 7) is 7.92. The highest BCUT2D eigenvalue weighted by Crippen LogP contribution is 2.18. The number of nitrogens with one attached hydrogen (secondary N) is 1. The first kappa shape index (κ1) is 16.0. The molecule has 1 amide bonds. The molecule has 1 aliphatic rings. The van der Waals surface area contributed by atoms with E-state index in [0.717, 1.165) is 38.0 Å². The monoisotopic (exact) mass is 289 g/mol. The molecule has 116 valence electrons. The van der Waals surface area contributed by atoms with Crippen molar-refractivity contribution in [2.75, 3.05) is 13.2 Å². The number of ether oxygens (including phenoxy) is 1. The molecule has 1 N–H and O–H groups in total. The summed E-state index contributed by atoms with van der Waals surface area (Å²) in [5.74, 6) is 0.685. The minimum absolute atomic E-state index is 0.0963. The first-order valence-electron chi connectivity index (χ1n) is 8.03. The van der Waals surface area contributed by atoms with Gasteiger partial charge in [0, 0.05) is 19.3 Å². The smallest absolute Gasteiger partial charge is 0.227 e. The van der Waals surface area contributed by atoms with Crippen molar-refractivity contribution in [1.29, 1.82) is 0 Å². The molecule has 0 radical (unpaired) electrons. The molecular weight excluding hydrogens is 262 g/mol. The summed E-state index contributed by atoms with van der Waals surface area (Å²) in [5, 5.41) is 3.14. The highest BCUT2D eigenvalue weighted by molar-refractivity contribution is 5.83. The van der Waals surface area contributed by atoms with Crippen molar-refractivity contribution in [1.82, 2.24) is 5.32 Å². The van der Waals surface area contributed by atoms with E-state index in [2.05, 4.69) is 43.4 Å². The van der Waals surface area contributed by atoms with E-state index in [0.29, 0.717) is 5.92 Å². The van der Waals surface area contributed by atoms with Crippen molar-refractivity contribution in [2.45, 2.75) is 52.0 Å². The molecule has 2 rings (SSSR count). The van der Waals surface area contributed by atoms with E-state index in [1.165, 1.54) is 5.56 Å². The van der Waals surface area contributed by atoms with Gasteiger partial charge in [-0.2, -0.15) is 0 Å². The maximum atomic E-state index is 12.3. The standard InChI is InChI=1S/C18H27NO2/c1-13(2)12-15-4-6-16(7-5-15)14(3)18(20)19-17-8-10-21-11-9-17/h4-7,13-14,17H,8-12H2,1-3H3,(H,19,20)/t14-/m1/s1. The van der Waals surface area contributed by atoms with Gasteiger partial charge in [0.1, 0.15) is 0 Å². The van der Waals surface area contributed by atoms with E-state index in [1.54, 1.807) is 0 Å². The quantitative estimate of drug-likeness (QED) is 0.903. The van der Waals surface area contributed by atoms with Crippen molar-refractivity contribution >= 4 is 5.91 Å². The molecule has 3 nitrogen and oxygen atoms in total. The van der Waals surface area contributed by atoms with Crippen LogP contribution in [0.2, 0.25) is 0 Å². The first-order chi connectivity index (χ1) is 10.1. The third-order valence-electron chi connectivity index (χ3n) is 4.08. The van der Waals surface area contributed by atoms with Crippen LogP contribution in [0.15, 0.2) is 24.3 Å². The molecule has 1 saturated heterocycles. The summed E-state index contributed by atoms with van der Waals surface area (Å²) in [5.41, 5.74) is 2.43. The van der Waals surface area contributed by atoms with E-state index in [1.807, 2.05) is 6.92 Å². The fourth-order valence-electron chi connectivity index (χ4n) is 2.73. The molecule has 1 aromatic carbocycles. The lowest BCUT2D eigenvalue weighted by Crippen LogP contribution is -2.40. The lowest BCUT2D eigenvalue weighted by atomic mass is 9.96. The zero-order valence-electron chi connectivity index (χ0n) is 13.4. The lowest BCUT2D eigenvalue weighted by molar-refractivity contribution is -0.123. The molecule has 1 aromatic rings. The van der Waals surface area contributed by atoms with Gasteiger partial charge in [-0.25, -0.2) is 0 Å². The van der Waals surface area contributed by atoms with Gasteiger partial charge < -0.3 is 10.1 Å². The lowest BCUT2D eigenvalue weighted by Gasteiger charge is -2.24. The number of hydrogen-bond acceptors (Lipinski definition) is 2. The van der Waals surface area contributed by atoms with Gasteiger partial charge in [0.15, 0.2) is 0 Å². The number of benzene rings is 1. The Bertz CT molecular complexity index is 447. The zero-order chi connectivity index (χ0) is 15.2. The van der Waals surface area contributed by atoms with Gasteiger partial charge in [-0.3, -0.25) is 4.79 Å². The predicted molar refractivity (Wildman–Crippen MR) is 85.4 cm³/mol. The molecule has 3 heteroatoms. The van der Waals surface area contributed by atoms with Crippen LogP contribution < -0.4 is 5.32 Å². The molecule has 1 fully saturated rings. The topological polar surface area (TPSA) is 38.3 Å². The van der Waals surface area contributed by atoms with Crippen molar-refractivity contribution in [3.63, 3.8) is 0 Å². The number of rotatable bonds is 5. The SMILES string of the molecule is CC(C)Cc1ccc([C@@H](C)C(=O)NC2CCOCC2)cc1. The van der Waals surface area contributed by atoms with Gasteiger partial charge in [-0.05, 0) is 43.2 Å². The summed E-state index contributed by atoms with van der Waals surface area (Å²) >= 11 is 0. The van der Waals surface area contributed by atoms with Gasteiger partial charge in [0.05, 0.1) is 5.92 Å². The number of amides is 1. The van der Waals surface area contributed by atoms with Gasteiger partial charge >= 0.3 is 0 Å². The highest BCUT2D eigenvalue weighted by Gasteiger charge is 2.20. The van der Waals surface area contributed by atoms with Gasteiger partial charge in [0.25, 0.3) is 0 Å². The van der Waals surface area contributed by atoms with Crippen LogP contribution in [-0.2, 0) is 16.0 Å². The highest BCUT2D eigenvalue weighted by atomic mass is 16.5. The maximum Gasteiger partial charge on any atom is 0.227 e. The molecule has 0 unspecified atom stereocenters. The van der Waals surface area contributed by atoms with Crippen LogP contribution in [0.1, 0.15) is 50.7 Å². The Morgan fingerprint density at radius 2 is 1.81 bits per heavy atom. The second-order valence-corrected chi connectivity index (χ2v) is 6.46. The Morgan fingerprint density at radius 1 is 1.19 bits per heavy atom. The largest absolute Gasteiger partial charge is 0.381 e. The summed E-state index contributed by atoms with van der Waals surface area (Å²) in [4.78, 5) is 12.3.